The topological polar surface area (TPSA) is 24.5 Å². The molecule has 1 N–H and O–H groups in total. The van der Waals surface area contributed by atoms with Crippen LogP contribution in [0.25, 0.3) is 0 Å². The smallest absolute Gasteiger partial charge is 0.0795 e. The number of ether oxygens (including phenoxy) is 1. The van der Waals surface area contributed by atoms with Gasteiger partial charge in [0.25, 0.3) is 0 Å². The first-order chi connectivity index (χ1) is 9.72. The maximum absolute atomic E-state index is 6.17. The van der Waals surface area contributed by atoms with Gasteiger partial charge in [0.1, 0.15) is 0 Å². The Balaban J connectivity index is 1.57. The average Bonchev–Trinajstić information content (AvgIpc) is 2.89. The van der Waals surface area contributed by atoms with E-state index >= 15 is 0 Å². The Labute approximate surface area is 128 Å². The molecule has 3 rings (SSSR count). The monoisotopic (exact) mass is 298 g/mol. The minimum Gasteiger partial charge on any atom is -0.374 e. The third kappa shape index (κ3) is 3.18. The molecule has 4 heteroatoms. The van der Waals surface area contributed by atoms with E-state index in [0.717, 1.165) is 31.2 Å². The van der Waals surface area contributed by atoms with Gasteiger partial charge in [-0.15, -0.1) is 0 Å². The van der Waals surface area contributed by atoms with Crippen molar-refractivity contribution in [2.24, 2.45) is 5.92 Å². The standard InChI is InChI=1S/C16H30N2OS/c1-3-17-15-4-7-18(11-13(15)2)14-5-8-19-16(10-14)6-9-20-12-16/h13-15,17H,3-12H2,1-2H3. The molecule has 1 spiro atoms. The van der Waals surface area contributed by atoms with E-state index in [1.54, 1.807) is 0 Å². The molecule has 4 unspecified atom stereocenters. The predicted molar refractivity (Wildman–Crippen MR) is 86.5 cm³/mol. The Hall–Kier alpha value is 0.230. The Morgan fingerprint density at radius 2 is 2.30 bits per heavy atom. The Bertz CT molecular complexity index is 320. The van der Waals surface area contributed by atoms with Gasteiger partial charge in [0, 0.05) is 31.0 Å². The summed E-state index contributed by atoms with van der Waals surface area (Å²) in [5, 5.41) is 3.65. The summed E-state index contributed by atoms with van der Waals surface area (Å²) < 4.78 is 6.17. The minimum absolute atomic E-state index is 0.231. The molecule has 0 aromatic rings. The highest BCUT2D eigenvalue weighted by Gasteiger charge is 2.42. The van der Waals surface area contributed by atoms with E-state index in [1.165, 1.54) is 50.3 Å². The Morgan fingerprint density at radius 3 is 3.00 bits per heavy atom. The highest BCUT2D eigenvalue weighted by Crippen LogP contribution is 2.40. The van der Waals surface area contributed by atoms with Gasteiger partial charge in [-0.3, -0.25) is 4.90 Å². The lowest BCUT2D eigenvalue weighted by Crippen LogP contribution is -2.55. The van der Waals surface area contributed by atoms with Crippen LogP contribution in [0.15, 0.2) is 0 Å². The van der Waals surface area contributed by atoms with Crippen LogP contribution in [0.4, 0.5) is 0 Å². The number of piperidine rings is 1. The van der Waals surface area contributed by atoms with Crippen molar-refractivity contribution in [2.45, 2.75) is 57.2 Å². The second kappa shape index (κ2) is 6.55. The molecule has 4 atom stereocenters. The van der Waals surface area contributed by atoms with Gasteiger partial charge < -0.3 is 10.1 Å². The molecule has 0 saturated carbocycles. The molecule has 0 aromatic carbocycles. The summed E-state index contributed by atoms with van der Waals surface area (Å²) in [6, 6.07) is 1.50. The first-order valence-electron chi connectivity index (χ1n) is 8.41. The van der Waals surface area contributed by atoms with Crippen LogP contribution < -0.4 is 5.32 Å². The van der Waals surface area contributed by atoms with E-state index in [4.69, 9.17) is 4.74 Å². The summed E-state index contributed by atoms with van der Waals surface area (Å²) in [7, 11) is 0. The number of likely N-dealkylation sites (tertiary alicyclic amines) is 1. The molecule has 3 saturated heterocycles. The van der Waals surface area contributed by atoms with Crippen molar-refractivity contribution in [2.75, 3.05) is 37.7 Å². The molecule has 20 heavy (non-hydrogen) atoms. The van der Waals surface area contributed by atoms with Crippen LogP contribution >= 0.6 is 11.8 Å². The molecule has 0 aliphatic carbocycles. The predicted octanol–water partition coefficient (Wildman–Crippen LogP) is 2.36. The molecule has 3 nitrogen and oxygen atoms in total. The number of nitrogens with one attached hydrogen (secondary N) is 1. The number of hydrogen-bond acceptors (Lipinski definition) is 4. The third-order valence-electron chi connectivity index (χ3n) is 5.45. The lowest BCUT2D eigenvalue weighted by molar-refractivity contribution is -0.0946. The van der Waals surface area contributed by atoms with E-state index in [0.29, 0.717) is 0 Å². The summed E-state index contributed by atoms with van der Waals surface area (Å²) in [5.41, 5.74) is 0.231. The number of thioether (sulfide) groups is 1. The van der Waals surface area contributed by atoms with Crippen LogP contribution in [0.2, 0.25) is 0 Å². The third-order valence-corrected chi connectivity index (χ3v) is 6.68. The first kappa shape index (κ1) is 15.1. The normalized spacial score (nSPS) is 43.2. The molecule has 0 amide bonds. The van der Waals surface area contributed by atoms with Gasteiger partial charge in [-0.2, -0.15) is 11.8 Å². The molecular formula is C16H30N2OS. The van der Waals surface area contributed by atoms with Gasteiger partial charge in [-0.05, 0) is 50.4 Å². The van der Waals surface area contributed by atoms with Crippen LogP contribution in [0, 0.1) is 5.92 Å². The molecule has 3 heterocycles. The van der Waals surface area contributed by atoms with Gasteiger partial charge >= 0.3 is 0 Å². The van der Waals surface area contributed by atoms with E-state index < -0.39 is 0 Å². The van der Waals surface area contributed by atoms with Gasteiger partial charge in [-0.25, -0.2) is 0 Å². The largest absolute Gasteiger partial charge is 0.374 e. The summed E-state index contributed by atoms with van der Waals surface area (Å²) >= 11 is 2.08. The van der Waals surface area contributed by atoms with Crippen LogP contribution in [-0.2, 0) is 4.74 Å². The highest BCUT2D eigenvalue weighted by molar-refractivity contribution is 7.99. The Morgan fingerprint density at radius 1 is 1.40 bits per heavy atom. The van der Waals surface area contributed by atoms with Gasteiger partial charge in [0.05, 0.1) is 5.60 Å². The quantitative estimate of drug-likeness (QED) is 0.864. The van der Waals surface area contributed by atoms with Crippen LogP contribution in [0.1, 0.15) is 39.5 Å². The summed E-state index contributed by atoms with van der Waals surface area (Å²) in [6.45, 7) is 9.26. The fourth-order valence-corrected chi connectivity index (χ4v) is 5.63. The van der Waals surface area contributed by atoms with Gasteiger partial charge in [0.2, 0.25) is 0 Å². The van der Waals surface area contributed by atoms with E-state index in [1.807, 2.05) is 0 Å². The van der Waals surface area contributed by atoms with Crippen molar-refractivity contribution in [1.82, 2.24) is 10.2 Å². The van der Waals surface area contributed by atoms with Crippen molar-refractivity contribution >= 4 is 11.8 Å². The van der Waals surface area contributed by atoms with E-state index in [-0.39, 0.29) is 5.60 Å². The van der Waals surface area contributed by atoms with Crippen molar-refractivity contribution in [1.29, 1.82) is 0 Å². The number of rotatable bonds is 3. The molecule has 3 aliphatic heterocycles. The fraction of sp³-hybridized carbons (Fsp3) is 1.00. The molecular weight excluding hydrogens is 268 g/mol. The second-order valence-corrected chi connectivity index (χ2v) is 8.01. The van der Waals surface area contributed by atoms with E-state index in [2.05, 4.69) is 35.8 Å². The first-order valence-corrected chi connectivity index (χ1v) is 9.57. The maximum atomic E-state index is 6.17. The van der Waals surface area contributed by atoms with E-state index in [9.17, 15) is 0 Å². The van der Waals surface area contributed by atoms with Gasteiger partial charge in [0.15, 0.2) is 0 Å². The molecule has 0 radical (unpaired) electrons. The second-order valence-electron chi connectivity index (χ2n) is 6.91. The van der Waals surface area contributed by atoms with Crippen LogP contribution in [0.3, 0.4) is 0 Å². The summed E-state index contributed by atoms with van der Waals surface area (Å²) in [4.78, 5) is 2.77. The van der Waals surface area contributed by atoms with Crippen LogP contribution in [0.5, 0.6) is 0 Å². The van der Waals surface area contributed by atoms with Gasteiger partial charge in [-0.1, -0.05) is 13.8 Å². The molecule has 3 aliphatic rings. The van der Waals surface area contributed by atoms with Crippen molar-refractivity contribution in [3.8, 4) is 0 Å². The SMILES string of the molecule is CCNC1CCN(C2CCOC3(CCSC3)C2)CC1C. The summed E-state index contributed by atoms with van der Waals surface area (Å²) in [6.07, 6.45) is 5.11. The zero-order chi connectivity index (χ0) is 14.0. The molecule has 0 aromatic heterocycles. The zero-order valence-corrected chi connectivity index (χ0v) is 13.9. The number of hydrogen-bond donors (Lipinski definition) is 1. The minimum atomic E-state index is 0.231. The molecule has 0 bridgehead atoms. The lowest BCUT2D eigenvalue weighted by atomic mass is 9.86. The summed E-state index contributed by atoms with van der Waals surface area (Å²) in [5.74, 6) is 3.30. The highest BCUT2D eigenvalue weighted by atomic mass is 32.2. The van der Waals surface area contributed by atoms with Crippen molar-refractivity contribution in [3.63, 3.8) is 0 Å². The Kier molecular flexibility index (Phi) is 4.96. The fourth-order valence-electron chi connectivity index (χ4n) is 4.25. The maximum Gasteiger partial charge on any atom is 0.0795 e. The average molecular weight is 298 g/mol. The number of nitrogens with zero attached hydrogens (tertiary/aromatic N) is 1. The van der Waals surface area contributed by atoms with Crippen molar-refractivity contribution < 1.29 is 4.74 Å². The lowest BCUT2D eigenvalue weighted by Gasteiger charge is -2.46. The van der Waals surface area contributed by atoms with Crippen molar-refractivity contribution in [3.05, 3.63) is 0 Å². The molecule has 3 fully saturated rings. The zero-order valence-electron chi connectivity index (χ0n) is 13.1. The van der Waals surface area contributed by atoms with Crippen LogP contribution in [-0.4, -0.2) is 60.3 Å². The molecule has 116 valence electrons.